The van der Waals surface area contributed by atoms with E-state index in [4.69, 9.17) is 9.47 Å². The molecule has 0 amide bonds. The molecule has 6 heteroatoms. The van der Waals surface area contributed by atoms with Gasteiger partial charge in [-0.25, -0.2) is 9.97 Å². The molecule has 3 rings (SSSR count). The lowest BCUT2D eigenvalue weighted by Crippen LogP contribution is -2.12. The monoisotopic (exact) mass is 441 g/mol. The Labute approximate surface area is 192 Å². The second-order valence-corrected chi connectivity index (χ2v) is 6.90. The average Bonchev–Trinajstić information content (AvgIpc) is 2.83. The minimum absolute atomic E-state index is 0.809. The number of hydrogen-bond acceptors (Lipinski definition) is 6. The number of aryl methyl sites for hydroxylation is 2. The van der Waals surface area contributed by atoms with E-state index in [0.29, 0.717) is 0 Å². The molecule has 3 aromatic rings. The third-order valence-corrected chi connectivity index (χ3v) is 4.37. The minimum Gasteiger partial charge on any atom is -0.497 e. The molecule has 0 aliphatic carbocycles. The molecule has 0 unspecified atom stereocenters. The van der Waals surface area contributed by atoms with Crippen LogP contribution in [-0.2, 0) is 19.5 Å². The van der Waals surface area contributed by atoms with Crippen molar-refractivity contribution in [2.24, 2.45) is 0 Å². The van der Waals surface area contributed by atoms with Gasteiger partial charge in [0.25, 0.3) is 0 Å². The van der Waals surface area contributed by atoms with Crippen molar-refractivity contribution < 1.29 is 9.47 Å². The number of nitrogens with one attached hydrogen (secondary N) is 1. The van der Waals surface area contributed by atoms with Gasteiger partial charge in [0.15, 0.2) is 0 Å². The summed E-state index contributed by atoms with van der Waals surface area (Å²) in [6.45, 7) is 7.66. The van der Waals surface area contributed by atoms with Crippen molar-refractivity contribution in [3.05, 3.63) is 83.4 Å². The van der Waals surface area contributed by atoms with Crippen LogP contribution in [0.15, 0.2) is 60.9 Å². The first-order valence-corrected chi connectivity index (χ1v) is 11.1. The van der Waals surface area contributed by atoms with Gasteiger partial charge in [0.1, 0.15) is 17.3 Å². The Morgan fingerprint density at radius 2 is 1.19 bits per heavy atom. The van der Waals surface area contributed by atoms with E-state index in [2.05, 4.69) is 52.2 Å². The van der Waals surface area contributed by atoms with Gasteiger partial charge in [-0.15, -0.1) is 0 Å². The SMILES string of the molecule is CC.COc1ccc(CNCc2ccc(OC)cc2)cc1.Cc1cnc(CCS)nc1. The van der Waals surface area contributed by atoms with Crippen LogP contribution in [0, 0.1) is 6.92 Å². The van der Waals surface area contributed by atoms with Crippen LogP contribution < -0.4 is 14.8 Å². The van der Waals surface area contributed by atoms with Gasteiger partial charge < -0.3 is 14.8 Å². The van der Waals surface area contributed by atoms with Crippen LogP contribution in [0.4, 0.5) is 0 Å². The zero-order chi connectivity index (χ0) is 22.9. The van der Waals surface area contributed by atoms with Crippen molar-refractivity contribution >= 4 is 12.6 Å². The molecular weight excluding hydrogens is 406 g/mol. The summed E-state index contributed by atoms with van der Waals surface area (Å²) in [5, 5.41) is 3.41. The maximum absolute atomic E-state index is 5.13. The van der Waals surface area contributed by atoms with Crippen LogP contribution in [-0.4, -0.2) is 29.9 Å². The number of thiol groups is 1. The molecule has 0 spiro atoms. The van der Waals surface area contributed by atoms with E-state index in [1.165, 1.54) is 11.1 Å². The van der Waals surface area contributed by atoms with Gasteiger partial charge in [0, 0.05) is 31.9 Å². The van der Waals surface area contributed by atoms with Crippen molar-refractivity contribution in [2.45, 2.75) is 40.3 Å². The molecule has 0 saturated heterocycles. The van der Waals surface area contributed by atoms with Crippen molar-refractivity contribution in [3.8, 4) is 11.5 Å². The van der Waals surface area contributed by atoms with Crippen molar-refractivity contribution in [1.82, 2.24) is 15.3 Å². The van der Waals surface area contributed by atoms with Crippen molar-refractivity contribution in [1.29, 1.82) is 0 Å². The van der Waals surface area contributed by atoms with Crippen LogP contribution in [0.1, 0.15) is 36.4 Å². The van der Waals surface area contributed by atoms with Crippen LogP contribution >= 0.6 is 12.6 Å². The molecule has 0 bridgehead atoms. The average molecular weight is 442 g/mol. The van der Waals surface area contributed by atoms with Crippen LogP contribution in [0.2, 0.25) is 0 Å². The highest BCUT2D eigenvalue weighted by atomic mass is 32.1. The molecule has 0 atom stereocenters. The highest BCUT2D eigenvalue weighted by Gasteiger charge is 1.97. The maximum atomic E-state index is 5.13. The van der Waals surface area contributed by atoms with Gasteiger partial charge in [-0.2, -0.15) is 12.6 Å². The first kappa shape index (κ1) is 26.5. The number of benzene rings is 2. The first-order valence-electron chi connectivity index (χ1n) is 10.5. The zero-order valence-corrected chi connectivity index (χ0v) is 20.2. The maximum Gasteiger partial charge on any atom is 0.129 e. The fourth-order valence-electron chi connectivity index (χ4n) is 2.49. The van der Waals surface area contributed by atoms with Crippen LogP contribution in [0.25, 0.3) is 0 Å². The van der Waals surface area contributed by atoms with E-state index in [9.17, 15) is 0 Å². The Bertz CT molecular complexity index is 775. The number of rotatable bonds is 8. The number of hydrogen-bond donors (Lipinski definition) is 2. The van der Waals surface area contributed by atoms with E-state index >= 15 is 0 Å². The Balaban J connectivity index is 0.000000337. The largest absolute Gasteiger partial charge is 0.497 e. The summed E-state index contributed by atoms with van der Waals surface area (Å²) in [4.78, 5) is 8.22. The van der Waals surface area contributed by atoms with E-state index < -0.39 is 0 Å². The molecule has 1 N–H and O–H groups in total. The molecule has 0 radical (unpaired) electrons. The van der Waals surface area contributed by atoms with Crippen molar-refractivity contribution in [3.63, 3.8) is 0 Å². The summed E-state index contributed by atoms with van der Waals surface area (Å²) in [5.41, 5.74) is 3.59. The fraction of sp³-hybridized carbons (Fsp3) is 0.360. The number of aromatic nitrogens is 2. The van der Waals surface area contributed by atoms with Gasteiger partial charge in [-0.05, 0) is 53.6 Å². The summed E-state index contributed by atoms with van der Waals surface area (Å²) in [6, 6.07) is 16.2. The lowest BCUT2D eigenvalue weighted by molar-refractivity contribution is 0.414. The second-order valence-electron chi connectivity index (χ2n) is 6.45. The highest BCUT2D eigenvalue weighted by Crippen LogP contribution is 2.12. The van der Waals surface area contributed by atoms with Gasteiger partial charge in [-0.3, -0.25) is 0 Å². The third-order valence-electron chi connectivity index (χ3n) is 4.15. The minimum atomic E-state index is 0.809. The lowest BCUT2D eigenvalue weighted by Gasteiger charge is -2.07. The predicted octanol–water partition coefficient (Wildman–Crippen LogP) is 5.28. The quantitative estimate of drug-likeness (QED) is 0.466. The molecule has 1 aromatic heterocycles. The molecule has 5 nitrogen and oxygen atoms in total. The van der Waals surface area contributed by atoms with Crippen LogP contribution in [0.5, 0.6) is 11.5 Å². The normalized spacial score (nSPS) is 9.61. The summed E-state index contributed by atoms with van der Waals surface area (Å²) >= 11 is 4.08. The Morgan fingerprint density at radius 3 is 1.55 bits per heavy atom. The Morgan fingerprint density at radius 1 is 0.774 bits per heavy atom. The third kappa shape index (κ3) is 10.9. The predicted molar refractivity (Wildman–Crippen MR) is 132 cm³/mol. The summed E-state index contributed by atoms with van der Waals surface area (Å²) in [7, 11) is 3.36. The molecule has 0 aliphatic heterocycles. The van der Waals surface area contributed by atoms with Crippen molar-refractivity contribution in [2.75, 3.05) is 20.0 Å². The second kappa shape index (κ2) is 16.2. The van der Waals surface area contributed by atoms with E-state index in [-0.39, 0.29) is 0 Å². The van der Waals surface area contributed by atoms with Gasteiger partial charge in [0.2, 0.25) is 0 Å². The molecule has 0 aliphatic rings. The number of methoxy groups -OCH3 is 2. The van der Waals surface area contributed by atoms with Crippen LogP contribution in [0.3, 0.4) is 0 Å². The number of nitrogens with zero attached hydrogens (tertiary/aromatic N) is 2. The summed E-state index contributed by atoms with van der Waals surface area (Å²) in [5.74, 6) is 3.46. The molecule has 1 heterocycles. The number of ether oxygens (including phenoxy) is 2. The highest BCUT2D eigenvalue weighted by molar-refractivity contribution is 7.80. The molecule has 31 heavy (non-hydrogen) atoms. The molecular formula is C25H35N3O2S. The van der Waals surface area contributed by atoms with E-state index in [1.807, 2.05) is 57.4 Å². The standard InChI is InChI=1S/C16H19NO2.C7H10N2S.C2H6/c1-18-15-7-3-13(4-8-15)11-17-12-14-5-9-16(19-2)10-6-14;1-6-4-8-7(2-3-10)9-5-6;1-2/h3-10,17H,11-12H2,1-2H3;4-5,10H,2-3H2,1H3;1-2H3. The molecule has 0 fully saturated rings. The molecule has 2 aromatic carbocycles. The van der Waals surface area contributed by atoms with E-state index in [1.54, 1.807) is 14.2 Å². The Kier molecular flexibility index (Phi) is 13.8. The zero-order valence-electron chi connectivity index (χ0n) is 19.3. The fourth-order valence-corrected chi connectivity index (χ4v) is 2.69. The topological polar surface area (TPSA) is 56.3 Å². The smallest absolute Gasteiger partial charge is 0.129 e. The van der Waals surface area contributed by atoms with E-state index in [0.717, 1.165) is 48.2 Å². The van der Waals surface area contributed by atoms with Gasteiger partial charge in [-0.1, -0.05) is 38.1 Å². The Hall–Kier alpha value is -2.57. The molecule has 168 valence electrons. The lowest BCUT2D eigenvalue weighted by atomic mass is 10.2. The molecule has 0 saturated carbocycles. The summed E-state index contributed by atoms with van der Waals surface area (Å²) in [6.07, 6.45) is 4.50. The first-order chi connectivity index (χ1) is 15.1. The van der Waals surface area contributed by atoms with Gasteiger partial charge in [0.05, 0.1) is 14.2 Å². The summed E-state index contributed by atoms with van der Waals surface area (Å²) < 4.78 is 10.3. The van der Waals surface area contributed by atoms with Gasteiger partial charge >= 0.3 is 0 Å².